The molecule has 0 aromatic heterocycles. The van der Waals surface area contributed by atoms with Gasteiger partial charge in [0.05, 0.1) is 24.4 Å². The van der Waals surface area contributed by atoms with E-state index in [1.807, 2.05) is 0 Å². The molecule has 1 N–H and O–H groups in total. The van der Waals surface area contributed by atoms with Gasteiger partial charge in [-0.1, -0.05) is 6.07 Å². The topological polar surface area (TPSA) is 72.8 Å². The predicted molar refractivity (Wildman–Crippen MR) is 66.5 cm³/mol. The zero-order valence-corrected chi connectivity index (χ0v) is 11.6. The summed E-state index contributed by atoms with van der Waals surface area (Å²) < 4.78 is 30.0. The molecule has 0 bridgehead atoms. The second-order valence-corrected chi connectivity index (χ2v) is 4.86. The molecular weight excluding hydrogens is 312 g/mol. The van der Waals surface area contributed by atoms with Gasteiger partial charge in [0.1, 0.15) is 11.3 Å². The van der Waals surface area contributed by atoms with Crippen molar-refractivity contribution in [2.45, 2.75) is 5.75 Å². The molecule has 7 heteroatoms. The smallest absolute Gasteiger partial charge is 0.342 e. The molecule has 0 aliphatic heterocycles. The van der Waals surface area contributed by atoms with Crippen LogP contribution in [0.15, 0.2) is 16.6 Å². The van der Waals surface area contributed by atoms with E-state index in [0.717, 1.165) is 0 Å². The number of ether oxygens (including phenoxy) is 2. The molecular formula is C10H11BrO5S. The summed E-state index contributed by atoms with van der Waals surface area (Å²) in [5.74, 6) is -0.475. The van der Waals surface area contributed by atoms with Crippen molar-refractivity contribution in [2.24, 2.45) is 0 Å². The molecule has 0 saturated heterocycles. The van der Waals surface area contributed by atoms with Crippen LogP contribution in [0.4, 0.5) is 0 Å². The molecule has 1 atom stereocenters. The van der Waals surface area contributed by atoms with Crippen LogP contribution in [-0.4, -0.2) is 29.0 Å². The lowest BCUT2D eigenvalue weighted by atomic mass is 10.1. The van der Waals surface area contributed by atoms with Crippen LogP contribution in [-0.2, 0) is 21.6 Å². The molecule has 1 aromatic carbocycles. The zero-order chi connectivity index (χ0) is 13.0. The standard InChI is InChI=1S/C10H11BrO5S/c1-15-9-7(11)4-3-6(5-17(13)14)8(9)10(12)16-2/h3-4H,5H2,1-2H3,(H,13,14). The first-order valence-electron chi connectivity index (χ1n) is 4.52. The van der Waals surface area contributed by atoms with E-state index < -0.39 is 17.0 Å². The van der Waals surface area contributed by atoms with Gasteiger partial charge in [0.2, 0.25) is 0 Å². The first-order chi connectivity index (χ1) is 8.01. The molecule has 0 fully saturated rings. The highest BCUT2D eigenvalue weighted by Gasteiger charge is 2.21. The molecule has 94 valence electrons. The van der Waals surface area contributed by atoms with Crippen LogP contribution in [0, 0.1) is 0 Å². The molecule has 17 heavy (non-hydrogen) atoms. The molecule has 0 radical (unpaired) electrons. The average molecular weight is 323 g/mol. The van der Waals surface area contributed by atoms with Crippen LogP contribution in [0.1, 0.15) is 15.9 Å². The van der Waals surface area contributed by atoms with E-state index in [1.54, 1.807) is 12.1 Å². The van der Waals surface area contributed by atoms with Crippen molar-refractivity contribution in [2.75, 3.05) is 14.2 Å². The van der Waals surface area contributed by atoms with E-state index in [0.29, 0.717) is 15.8 Å². The Labute approximate surface area is 110 Å². The molecule has 0 amide bonds. The first-order valence-corrected chi connectivity index (χ1v) is 6.59. The summed E-state index contributed by atoms with van der Waals surface area (Å²) in [6.45, 7) is 0. The van der Waals surface area contributed by atoms with Crippen LogP contribution < -0.4 is 4.74 Å². The SMILES string of the molecule is COC(=O)c1c(CS(=O)O)ccc(Br)c1OC. The Kier molecular flexibility index (Phi) is 5.10. The lowest BCUT2D eigenvalue weighted by Gasteiger charge is -2.12. The highest BCUT2D eigenvalue weighted by atomic mass is 79.9. The van der Waals surface area contributed by atoms with Gasteiger partial charge < -0.3 is 14.0 Å². The molecule has 0 aliphatic rings. The Hall–Kier alpha value is -0.920. The van der Waals surface area contributed by atoms with Gasteiger partial charge in [-0.15, -0.1) is 0 Å². The minimum Gasteiger partial charge on any atom is -0.495 e. The fourth-order valence-electron chi connectivity index (χ4n) is 1.38. The first kappa shape index (κ1) is 14.1. The normalized spacial score (nSPS) is 12.0. The maximum absolute atomic E-state index is 11.6. The Morgan fingerprint density at radius 2 is 2.12 bits per heavy atom. The minimum atomic E-state index is -2.04. The minimum absolute atomic E-state index is 0.159. The maximum atomic E-state index is 11.6. The fourth-order valence-corrected chi connectivity index (χ4v) is 2.38. The van der Waals surface area contributed by atoms with Crippen molar-refractivity contribution >= 4 is 33.0 Å². The molecule has 1 aromatic rings. The highest BCUT2D eigenvalue weighted by molar-refractivity contribution is 9.10. The number of carbonyl (C=O) groups excluding carboxylic acids is 1. The van der Waals surface area contributed by atoms with E-state index in [9.17, 15) is 9.00 Å². The molecule has 1 unspecified atom stereocenters. The summed E-state index contributed by atoms with van der Waals surface area (Å²) in [7, 11) is 2.65. The summed E-state index contributed by atoms with van der Waals surface area (Å²) in [4.78, 5) is 11.6. The van der Waals surface area contributed by atoms with Crippen molar-refractivity contribution in [3.05, 3.63) is 27.7 Å². The summed E-state index contributed by atoms with van der Waals surface area (Å²) in [6.07, 6.45) is 0. The zero-order valence-electron chi connectivity index (χ0n) is 9.23. The van der Waals surface area contributed by atoms with Crippen molar-refractivity contribution in [3.8, 4) is 5.75 Å². The van der Waals surface area contributed by atoms with Crippen LogP contribution in [0.2, 0.25) is 0 Å². The summed E-state index contributed by atoms with van der Waals surface area (Å²) in [5, 5.41) is 0. The Balaban J connectivity index is 3.39. The number of methoxy groups -OCH3 is 2. The Morgan fingerprint density at radius 3 is 2.59 bits per heavy atom. The van der Waals surface area contributed by atoms with Crippen LogP contribution in [0.3, 0.4) is 0 Å². The highest BCUT2D eigenvalue weighted by Crippen LogP contribution is 2.32. The number of benzene rings is 1. The van der Waals surface area contributed by atoms with Gasteiger partial charge in [0.25, 0.3) is 0 Å². The van der Waals surface area contributed by atoms with Gasteiger partial charge in [-0.2, -0.15) is 0 Å². The summed E-state index contributed by atoms with van der Waals surface area (Å²) >= 11 is 1.19. The second kappa shape index (κ2) is 6.13. The average Bonchev–Trinajstić information content (AvgIpc) is 2.29. The van der Waals surface area contributed by atoms with E-state index in [2.05, 4.69) is 20.7 Å². The number of halogens is 1. The molecule has 0 spiro atoms. The second-order valence-electron chi connectivity index (χ2n) is 3.07. The lowest BCUT2D eigenvalue weighted by molar-refractivity contribution is 0.0596. The molecule has 1 rings (SSSR count). The molecule has 5 nitrogen and oxygen atoms in total. The predicted octanol–water partition coefficient (Wildman–Crippen LogP) is 1.97. The maximum Gasteiger partial charge on any atom is 0.342 e. The van der Waals surface area contributed by atoms with Crippen molar-refractivity contribution in [1.82, 2.24) is 0 Å². The number of carbonyl (C=O) groups is 1. The van der Waals surface area contributed by atoms with Gasteiger partial charge in [0, 0.05) is 0 Å². The van der Waals surface area contributed by atoms with E-state index in [4.69, 9.17) is 9.29 Å². The quantitative estimate of drug-likeness (QED) is 0.677. The third kappa shape index (κ3) is 3.27. The van der Waals surface area contributed by atoms with Crippen molar-refractivity contribution in [3.63, 3.8) is 0 Å². The van der Waals surface area contributed by atoms with Crippen LogP contribution >= 0.6 is 15.9 Å². The van der Waals surface area contributed by atoms with E-state index in [-0.39, 0.29) is 11.3 Å². The van der Waals surface area contributed by atoms with Gasteiger partial charge in [0.15, 0.2) is 11.1 Å². The lowest BCUT2D eigenvalue weighted by Crippen LogP contribution is -2.10. The summed E-state index contributed by atoms with van der Waals surface area (Å²) in [6, 6.07) is 3.22. The van der Waals surface area contributed by atoms with E-state index >= 15 is 0 Å². The van der Waals surface area contributed by atoms with Crippen molar-refractivity contribution in [1.29, 1.82) is 0 Å². The van der Waals surface area contributed by atoms with Gasteiger partial charge in [-0.05, 0) is 27.6 Å². The third-order valence-corrected chi connectivity index (χ3v) is 3.25. The van der Waals surface area contributed by atoms with Crippen LogP contribution in [0.5, 0.6) is 5.75 Å². The van der Waals surface area contributed by atoms with E-state index in [1.165, 1.54) is 14.2 Å². The van der Waals surface area contributed by atoms with Gasteiger partial charge in [-0.25, -0.2) is 9.00 Å². The number of hydrogen-bond donors (Lipinski definition) is 1. The van der Waals surface area contributed by atoms with Gasteiger partial charge >= 0.3 is 5.97 Å². The molecule has 0 aliphatic carbocycles. The monoisotopic (exact) mass is 322 g/mol. The fraction of sp³-hybridized carbons (Fsp3) is 0.300. The van der Waals surface area contributed by atoms with Crippen molar-refractivity contribution < 1.29 is 23.0 Å². The van der Waals surface area contributed by atoms with Crippen LogP contribution in [0.25, 0.3) is 0 Å². The Bertz CT molecular complexity index is 460. The third-order valence-electron chi connectivity index (χ3n) is 2.07. The number of esters is 1. The molecule has 0 heterocycles. The molecule has 0 saturated carbocycles. The van der Waals surface area contributed by atoms with Gasteiger partial charge in [-0.3, -0.25) is 0 Å². The summed E-state index contributed by atoms with van der Waals surface area (Å²) in [5.41, 5.74) is 0.560. The Morgan fingerprint density at radius 1 is 1.47 bits per heavy atom. The number of hydrogen-bond acceptors (Lipinski definition) is 4. The largest absolute Gasteiger partial charge is 0.495 e. The number of rotatable bonds is 4.